The van der Waals surface area contributed by atoms with E-state index in [4.69, 9.17) is 4.74 Å². The molecule has 0 radical (unpaired) electrons. The highest BCUT2D eigenvalue weighted by Gasteiger charge is 2.24. The van der Waals surface area contributed by atoms with Crippen molar-refractivity contribution in [2.24, 2.45) is 0 Å². The molecule has 0 aliphatic carbocycles. The summed E-state index contributed by atoms with van der Waals surface area (Å²) in [6.45, 7) is 7.05. The number of rotatable bonds is 4. The van der Waals surface area contributed by atoms with Crippen LogP contribution in [0.2, 0.25) is 13.1 Å². The third-order valence-corrected chi connectivity index (χ3v) is 7.87. The van der Waals surface area contributed by atoms with Gasteiger partial charge in [0, 0.05) is 0 Å². The Morgan fingerprint density at radius 1 is 0.950 bits per heavy atom. The molecule has 0 bridgehead atoms. The lowest BCUT2D eigenvalue weighted by Crippen LogP contribution is -2.42. The summed E-state index contributed by atoms with van der Waals surface area (Å²) in [6.07, 6.45) is 2.30. The molecule has 0 saturated heterocycles. The Morgan fingerprint density at radius 3 is 2.10 bits per heavy atom. The molecule has 0 saturated carbocycles. The molecule has 2 rings (SSSR count). The normalized spacial score (nSPS) is 12.3. The van der Waals surface area contributed by atoms with Crippen molar-refractivity contribution in [2.45, 2.75) is 20.0 Å². The highest BCUT2D eigenvalue weighted by Crippen LogP contribution is 2.19. The minimum Gasteiger partial charge on any atom is -0.497 e. The largest absolute Gasteiger partial charge is 0.497 e. The second-order valence-corrected chi connectivity index (χ2v) is 10.2. The molecule has 0 spiro atoms. The molecular weight excluding hydrogens is 260 g/mol. The molecule has 0 aliphatic heterocycles. The summed E-state index contributed by atoms with van der Waals surface area (Å²) in [5, 5.41) is 2.95. The van der Waals surface area contributed by atoms with E-state index in [2.05, 4.69) is 68.6 Å². The second-order valence-electron chi connectivity index (χ2n) is 5.59. The predicted molar refractivity (Wildman–Crippen MR) is 90.2 cm³/mol. The van der Waals surface area contributed by atoms with E-state index in [9.17, 15) is 0 Å². The van der Waals surface area contributed by atoms with Crippen LogP contribution in [0.3, 0.4) is 0 Å². The van der Waals surface area contributed by atoms with Crippen molar-refractivity contribution in [1.82, 2.24) is 0 Å². The number of hydrogen-bond donors (Lipinski definition) is 0. The average Bonchev–Trinajstić information content (AvgIpc) is 2.49. The third-order valence-electron chi connectivity index (χ3n) is 3.98. The molecule has 1 nitrogen and oxygen atoms in total. The maximum absolute atomic E-state index is 5.20. The maximum Gasteiger partial charge on any atom is 0.118 e. The fourth-order valence-electron chi connectivity index (χ4n) is 2.21. The van der Waals surface area contributed by atoms with E-state index < -0.39 is 8.07 Å². The molecule has 0 heterocycles. The van der Waals surface area contributed by atoms with Crippen LogP contribution in [0.4, 0.5) is 0 Å². The minimum atomic E-state index is -1.56. The van der Waals surface area contributed by atoms with Gasteiger partial charge in [-0.05, 0) is 24.6 Å². The highest BCUT2D eigenvalue weighted by atomic mass is 28.3. The van der Waals surface area contributed by atoms with Crippen LogP contribution in [0, 0.1) is 0 Å². The van der Waals surface area contributed by atoms with E-state index in [1.165, 1.54) is 15.9 Å². The zero-order chi connectivity index (χ0) is 14.6. The Bertz CT molecular complexity index is 583. The van der Waals surface area contributed by atoms with E-state index in [0.29, 0.717) is 0 Å². The third kappa shape index (κ3) is 3.20. The number of benzene rings is 2. The Hall–Kier alpha value is -1.80. The van der Waals surface area contributed by atoms with Crippen LogP contribution in [0.5, 0.6) is 5.75 Å². The maximum atomic E-state index is 5.20. The standard InChI is InChI=1S/C18H22OSi/c1-15(14-16-10-12-17(19-2)13-11-16)20(3,4)18-8-6-5-7-9-18/h5-14H,1-4H3/b15-14-. The quantitative estimate of drug-likeness (QED) is 0.762. The Balaban J connectivity index is 2.29. The first-order valence-corrected chi connectivity index (χ1v) is 9.92. The van der Waals surface area contributed by atoms with Gasteiger partial charge in [-0.15, -0.1) is 0 Å². The predicted octanol–water partition coefficient (Wildman–Crippen LogP) is 4.25. The number of ether oxygens (including phenoxy) is 1. The molecule has 2 aromatic rings. The summed E-state index contributed by atoms with van der Waals surface area (Å²) in [7, 11) is 0.138. The van der Waals surface area contributed by atoms with Gasteiger partial charge in [-0.3, -0.25) is 0 Å². The summed E-state index contributed by atoms with van der Waals surface area (Å²) >= 11 is 0. The van der Waals surface area contributed by atoms with Crippen molar-refractivity contribution < 1.29 is 4.74 Å². The fourth-order valence-corrected chi connectivity index (χ4v) is 4.22. The van der Waals surface area contributed by atoms with E-state index in [1.807, 2.05) is 12.1 Å². The number of allylic oxidation sites excluding steroid dienone is 1. The molecule has 0 unspecified atom stereocenters. The van der Waals surface area contributed by atoms with E-state index in [0.717, 1.165) is 5.75 Å². The van der Waals surface area contributed by atoms with Crippen molar-refractivity contribution in [3.8, 4) is 5.75 Å². The molecule has 2 aromatic carbocycles. The zero-order valence-electron chi connectivity index (χ0n) is 12.7. The van der Waals surface area contributed by atoms with Crippen LogP contribution in [0.1, 0.15) is 12.5 Å². The molecule has 0 aliphatic rings. The molecule has 0 atom stereocenters. The van der Waals surface area contributed by atoms with Gasteiger partial charge in [0.15, 0.2) is 0 Å². The van der Waals surface area contributed by atoms with E-state index in [-0.39, 0.29) is 0 Å². The van der Waals surface area contributed by atoms with Crippen LogP contribution in [-0.4, -0.2) is 15.2 Å². The van der Waals surface area contributed by atoms with E-state index in [1.54, 1.807) is 7.11 Å². The van der Waals surface area contributed by atoms with Crippen LogP contribution in [0.15, 0.2) is 59.8 Å². The second kappa shape index (κ2) is 6.10. The summed E-state index contributed by atoms with van der Waals surface area (Å²) in [5.74, 6) is 0.902. The monoisotopic (exact) mass is 282 g/mol. The summed E-state index contributed by atoms with van der Waals surface area (Å²) in [4.78, 5) is 0. The van der Waals surface area contributed by atoms with Gasteiger partial charge in [-0.2, -0.15) is 0 Å². The van der Waals surface area contributed by atoms with E-state index >= 15 is 0 Å². The summed E-state index contributed by atoms with van der Waals surface area (Å²) < 4.78 is 5.20. The zero-order valence-corrected chi connectivity index (χ0v) is 13.7. The van der Waals surface area contributed by atoms with Crippen molar-refractivity contribution in [3.63, 3.8) is 0 Å². The lowest BCUT2D eigenvalue weighted by Gasteiger charge is -2.24. The smallest absolute Gasteiger partial charge is 0.118 e. The molecule has 0 fully saturated rings. The highest BCUT2D eigenvalue weighted by molar-refractivity contribution is 6.96. The van der Waals surface area contributed by atoms with Crippen molar-refractivity contribution in [3.05, 3.63) is 65.4 Å². The Labute approximate surface area is 122 Å². The van der Waals surface area contributed by atoms with Gasteiger partial charge in [-0.25, -0.2) is 0 Å². The van der Waals surface area contributed by atoms with Crippen molar-refractivity contribution >= 4 is 19.3 Å². The molecule has 104 valence electrons. The van der Waals surface area contributed by atoms with Crippen LogP contribution in [0.25, 0.3) is 6.08 Å². The van der Waals surface area contributed by atoms with Gasteiger partial charge in [-0.1, -0.05) is 72.0 Å². The average molecular weight is 282 g/mol. The number of hydrogen-bond acceptors (Lipinski definition) is 1. The van der Waals surface area contributed by atoms with Gasteiger partial charge in [0.1, 0.15) is 13.8 Å². The topological polar surface area (TPSA) is 9.23 Å². The van der Waals surface area contributed by atoms with Gasteiger partial charge in [0.05, 0.1) is 7.11 Å². The summed E-state index contributed by atoms with van der Waals surface area (Å²) in [5.41, 5.74) is 1.24. The molecular formula is C18H22OSi. The van der Waals surface area contributed by atoms with Crippen LogP contribution >= 0.6 is 0 Å². The molecule has 2 heteroatoms. The lowest BCUT2D eigenvalue weighted by molar-refractivity contribution is 0.415. The first-order chi connectivity index (χ1) is 9.54. The summed E-state index contributed by atoms with van der Waals surface area (Å²) in [6, 6.07) is 19.1. The SMILES string of the molecule is COc1ccc(/C=C(/C)[Si](C)(C)c2ccccc2)cc1. The van der Waals surface area contributed by atoms with Gasteiger partial charge in [0.2, 0.25) is 0 Å². The van der Waals surface area contributed by atoms with Gasteiger partial charge in [0.25, 0.3) is 0 Å². The lowest BCUT2D eigenvalue weighted by atomic mass is 10.2. The first kappa shape index (κ1) is 14.6. The fraction of sp³-hybridized carbons (Fsp3) is 0.222. The molecule has 20 heavy (non-hydrogen) atoms. The van der Waals surface area contributed by atoms with Crippen LogP contribution in [-0.2, 0) is 0 Å². The molecule has 0 N–H and O–H groups in total. The van der Waals surface area contributed by atoms with Gasteiger partial charge < -0.3 is 4.74 Å². The van der Waals surface area contributed by atoms with Gasteiger partial charge >= 0.3 is 0 Å². The molecule has 0 aromatic heterocycles. The molecule has 0 amide bonds. The first-order valence-electron chi connectivity index (χ1n) is 6.92. The van der Waals surface area contributed by atoms with Crippen LogP contribution < -0.4 is 9.92 Å². The Morgan fingerprint density at radius 2 is 1.55 bits per heavy atom. The number of methoxy groups -OCH3 is 1. The van der Waals surface area contributed by atoms with Crippen molar-refractivity contribution in [2.75, 3.05) is 7.11 Å². The van der Waals surface area contributed by atoms with Crippen molar-refractivity contribution in [1.29, 1.82) is 0 Å². The Kier molecular flexibility index (Phi) is 4.45. The minimum absolute atomic E-state index is 0.902.